The lowest BCUT2D eigenvalue weighted by Gasteiger charge is -2.26. The van der Waals surface area contributed by atoms with Crippen LogP contribution in [0, 0.1) is 5.82 Å². The number of rotatable bonds is 9. The first-order valence-electron chi connectivity index (χ1n) is 12.3. The van der Waals surface area contributed by atoms with Crippen molar-refractivity contribution in [3.05, 3.63) is 100 Å². The summed E-state index contributed by atoms with van der Waals surface area (Å²) < 4.78 is 48.7. The van der Waals surface area contributed by atoms with Crippen molar-refractivity contribution in [3.63, 3.8) is 0 Å². The summed E-state index contributed by atoms with van der Waals surface area (Å²) in [6.45, 7) is 1.35. The number of hydrogen-bond acceptors (Lipinski definition) is 7. The van der Waals surface area contributed by atoms with Gasteiger partial charge in [0.1, 0.15) is 5.82 Å². The van der Waals surface area contributed by atoms with Crippen LogP contribution in [0.2, 0.25) is 0 Å². The Kier molecular flexibility index (Phi) is 8.96. The highest BCUT2D eigenvalue weighted by Crippen LogP contribution is 2.26. The number of nitrogens with zero attached hydrogens (tertiary/aromatic N) is 4. The van der Waals surface area contributed by atoms with E-state index >= 15 is 0 Å². The molecule has 1 aromatic heterocycles. The molecule has 3 aromatic carbocycles. The normalized spacial score (nSPS) is 14.2. The third kappa shape index (κ3) is 6.61. The monoisotopic (exact) mass is 645 g/mol. The van der Waals surface area contributed by atoms with Crippen molar-refractivity contribution in [3.8, 4) is 5.69 Å². The Morgan fingerprint density at radius 3 is 2.33 bits per heavy atom. The summed E-state index contributed by atoms with van der Waals surface area (Å²) in [5.74, 6) is 0.339. The van der Waals surface area contributed by atoms with E-state index in [0.29, 0.717) is 54.3 Å². The predicted molar refractivity (Wildman–Crippen MR) is 152 cm³/mol. The second-order valence-corrected chi connectivity index (χ2v) is 12.6. The van der Waals surface area contributed by atoms with Gasteiger partial charge in [0, 0.05) is 34.6 Å². The molecule has 4 aromatic rings. The zero-order chi connectivity index (χ0) is 28.1. The van der Waals surface area contributed by atoms with Gasteiger partial charge in [-0.3, -0.25) is 9.36 Å². The van der Waals surface area contributed by atoms with Gasteiger partial charge in [-0.25, -0.2) is 12.8 Å². The molecule has 2 heterocycles. The summed E-state index contributed by atoms with van der Waals surface area (Å²) in [4.78, 5) is 13.0. The zero-order valence-corrected chi connectivity index (χ0v) is 24.4. The van der Waals surface area contributed by atoms with E-state index in [1.165, 1.54) is 52.5 Å². The van der Waals surface area contributed by atoms with E-state index in [9.17, 15) is 17.6 Å². The van der Waals surface area contributed by atoms with E-state index in [0.717, 1.165) is 10.0 Å². The average molecular weight is 647 g/mol. The topological polar surface area (TPSA) is 106 Å². The molecule has 1 amide bonds. The predicted octanol–water partition coefficient (Wildman–Crippen LogP) is 4.41. The maximum Gasteiger partial charge on any atom is 0.251 e. The minimum Gasteiger partial charge on any atom is -0.379 e. The Hall–Kier alpha value is -3.10. The molecule has 1 saturated heterocycles. The van der Waals surface area contributed by atoms with E-state index in [1.807, 2.05) is 24.3 Å². The van der Waals surface area contributed by atoms with Gasteiger partial charge in [0.25, 0.3) is 5.91 Å². The third-order valence-corrected chi connectivity index (χ3v) is 9.64. The molecule has 0 atom stereocenters. The van der Waals surface area contributed by atoms with Gasteiger partial charge in [0.05, 0.1) is 24.7 Å². The quantitative estimate of drug-likeness (QED) is 0.269. The number of benzene rings is 3. The first kappa shape index (κ1) is 28.4. The summed E-state index contributed by atoms with van der Waals surface area (Å²) in [7, 11) is -3.66. The SMILES string of the molecule is O=C(NCc1nnc(SCc2ccc(Br)cc2)n1-c1ccc(F)cc1)c1ccc(S(=O)(=O)N2CCOCC2)cc1. The molecule has 40 heavy (non-hydrogen) atoms. The molecular formula is C27H25BrFN5O4S2. The van der Waals surface area contributed by atoms with Crippen LogP contribution in [0.3, 0.4) is 0 Å². The number of carbonyl (C=O) groups is 1. The molecule has 1 N–H and O–H groups in total. The minimum absolute atomic E-state index is 0.0515. The highest BCUT2D eigenvalue weighted by atomic mass is 79.9. The molecule has 0 spiro atoms. The number of morpholine rings is 1. The van der Waals surface area contributed by atoms with Crippen molar-refractivity contribution in [2.75, 3.05) is 26.3 Å². The molecule has 1 fully saturated rings. The van der Waals surface area contributed by atoms with Gasteiger partial charge in [0.15, 0.2) is 11.0 Å². The molecule has 0 saturated carbocycles. The molecule has 0 aliphatic carbocycles. The summed E-state index contributed by atoms with van der Waals surface area (Å²) in [6, 6.07) is 19.7. The maximum absolute atomic E-state index is 13.6. The van der Waals surface area contributed by atoms with Crippen LogP contribution in [0.5, 0.6) is 0 Å². The maximum atomic E-state index is 13.6. The van der Waals surface area contributed by atoms with Gasteiger partial charge in [-0.1, -0.05) is 39.8 Å². The second-order valence-electron chi connectivity index (χ2n) is 8.85. The van der Waals surface area contributed by atoms with Crippen LogP contribution < -0.4 is 5.32 Å². The van der Waals surface area contributed by atoms with E-state index < -0.39 is 15.9 Å². The molecule has 1 aliphatic heterocycles. The van der Waals surface area contributed by atoms with Crippen LogP contribution in [0.4, 0.5) is 4.39 Å². The van der Waals surface area contributed by atoms with Crippen molar-refractivity contribution < 1.29 is 22.3 Å². The molecule has 0 unspecified atom stereocenters. The molecule has 13 heteroatoms. The largest absolute Gasteiger partial charge is 0.379 e. The molecule has 1 aliphatic rings. The first-order valence-corrected chi connectivity index (χ1v) is 15.6. The highest BCUT2D eigenvalue weighted by Gasteiger charge is 2.26. The molecule has 5 rings (SSSR count). The number of carbonyl (C=O) groups excluding carboxylic acids is 1. The van der Waals surface area contributed by atoms with Crippen LogP contribution >= 0.6 is 27.7 Å². The van der Waals surface area contributed by atoms with Gasteiger partial charge in [-0.2, -0.15) is 4.31 Å². The Morgan fingerprint density at radius 1 is 0.975 bits per heavy atom. The van der Waals surface area contributed by atoms with Gasteiger partial charge < -0.3 is 10.1 Å². The van der Waals surface area contributed by atoms with E-state index in [1.54, 1.807) is 16.7 Å². The molecular weight excluding hydrogens is 621 g/mol. The summed E-state index contributed by atoms with van der Waals surface area (Å²) in [5.41, 5.74) is 2.06. The van der Waals surface area contributed by atoms with Crippen LogP contribution in [0.25, 0.3) is 5.69 Å². The number of aromatic nitrogens is 3. The van der Waals surface area contributed by atoms with Gasteiger partial charge in [0.2, 0.25) is 10.0 Å². The molecule has 208 valence electrons. The fourth-order valence-corrected chi connectivity index (χ4v) is 6.66. The number of ether oxygens (including phenoxy) is 1. The van der Waals surface area contributed by atoms with Crippen molar-refractivity contribution in [2.45, 2.75) is 22.3 Å². The van der Waals surface area contributed by atoms with Crippen LogP contribution in [0.1, 0.15) is 21.7 Å². The summed E-state index contributed by atoms with van der Waals surface area (Å²) in [5, 5.41) is 12.0. The number of thioether (sulfide) groups is 1. The van der Waals surface area contributed by atoms with Gasteiger partial charge in [-0.05, 0) is 66.2 Å². The van der Waals surface area contributed by atoms with Crippen LogP contribution in [0.15, 0.2) is 87.3 Å². The van der Waals surface area contributed by atoms with Crippen molar-refractivity contribution in [2.24, 2.45) is 0 Å². The second kappa shape index (κ2) is 12.6. The van der Waals surface area contributed by atoms with E-state index in [2.05, 4.69) is 31.4 Å². The highest BCUT2D eigenvalue weighted by molar-refractivity contribution is 9.10. The third-order valence-electron chi connectivity index (χ3n) is 6.20. The smallest absolute Gasteiger partial charge is 0.251 e. The lowest BCUT2D eigenvalue weighted by atomic mass is 10.2. The lowest BCUT2D eigenvalue weighted by molar-refractivity contribution is 0.0730. The lowest BCUT2D eigenvalue weighted by Crippen LogP contribution is -2.40. The number of halogens is 2. The number of amides is 1. The number of hydrogen-bond donors (Lipinski definition) is 1. The fraction of sp³-hybridized carbons (Fsp3) is 0.222. The zero-order valence-electron chi connectivity index (χ0n) is 21.2. The summed E-state index contributed by atoms with van der Waals surface area (Å²) in [6.07, 6.45) is 0. The van der Waals surface area contributed by atoms with Crippen molar-refractivity contribution in [1.29, 1.82) is 0 Å². The molecule has 0 radical (unpaired) electrons. The number of nitrogens with one attached hydrogen (secondary N) is 1. The molecule has 0 bridgehead atoms. The van der Waals surface area contributed by atoms with Crippen LogP contribution in [-0.2, 0) is 27.1 Å². The molecule has 9 nitrogen and oxygen atoms in total. The van der Waals surface area contributed by atoms with E-state index in [4.69, 9.17) is 4.74 Å². The fourth-order valence-electron chi connectivity index (χ4n) is 4.06. The average Bonchev–Trinajstić information content (AvgIpc) is 3.39. The first-order chi connectivity index (χ1) is 19.3. The Balaban J connectivity index is 1.30. The van der Waals surface area contributed by atoms with Crippen molar-refractivity contribution >= 4 is 43.6 Å². The van der Waals surface area contributed by atoms with Gasteiger partial charge in [-0.15, -0.1) is 10.2 Å². The van der Waals surface area contributed by atoms with Crippen LogP contribution in [-0.4, -0.2) is 59.7 Å². The van der Waals surface area contributed by atoms with Gasteiger partial charge >= 0.3 is 0 Å². The minimum atomic E-state index is -3.66. The standard InChI is InChI=1S/C27H25BrFN5O4S2/c28-21-5-1-19(2-6-21)18-39-27-32-31-25(34(27)23-9-7-22(29)8-10-23)17-30-26(35)20-3-11-24(12-4-20)40(36,37)33-13-15-38-16-14-33/h1-12H,13-18H2,(H,30,35). The summed E-state index contributed by atoms with van der Waals surface area (Å²) >= 11 is 4.91. The Bertz CT molecular complexity index is 1570. The van der Waals surface area contributed by atoms with Crippen molar-refractivity contribution in [1.82, 2.24) is 24.4 Å². The number of sulfonamides is 1. The Morgan fingerprint density at radius 2 is 1.65 bits per heavy atom. The van der Waals surface area contributed by atoms with E-state index in [-0.39, 0.29) is 17.3 Å². The Labute approximate surface area is 243 Å².